The van der Waals surface area contributed by atoms with Crippen LogP contribution in [0.15, 0.2) is 22.7 Å². The lowest BCUT2D eigenvalue weighted by Crippen LogP contribution is -2.31. The molecule has 0 saturated carbocycles. The number of rotatable bonds is 7. The predicted molar refractivity (Wildman–Crippen MR) is 80.0 cm³/mol. The van der Waals surface area contributed by atoms with E-state index in [0.29, 0.717) is 10.0 Å². The van der Waals surface area contributed by atoms with Crippen LogP contribution in [0.3, 0.4) is 0 Å². The minimum atomic E-state index is -3.26. The van der Waals surface area contributed by atoms with Crippen molar-refractivity contribution in [3.8, 4) is 0 Å². The van der Waals surface area contributed by atoms with Gasteiger partial charge in [-0.05, 0) is 12.1 Å². The summed E-state index contributed by atoms with van der Waals surface area (Å²) in [4.78, 5) is 10.4. The molecule has 1 N–H and O–H groups in total. The van der Waals surface area contributed by atoms with E-state index >= 15 is 0 Å². The molecule has 0 aromatic heterocycles. The fourth-order valence-corrected chi connectivity index (χ4v) is 2.58. The molecular formula is C11H16BrN3O4S. The SMILES string of the molecule is CN(C)S(=O)(=O)CCNCc1ccc(Br)cc1[N+](=O)[O-]. The van der Waals surface area contributed by atoms with E-state index in [1.54, 1.807) is 12.1 Å². The van der Waals surface area contributed by atoms with Crippen LogP contribution in [0.5, 0.6) is 0 Å². The van der Waals surface area contributed by atoms with Gasteiger partial charge in [0.25, 0.3) is 5.69 Å². The molecule has 0 heterocycles. The summed E-state index contributed by atoms with van der Waals surface area (Å²) in [5, 5.41) is 13.8. The van der Waals surface area contributed by atoms with Crippen molar-refractivity contribution in [3.05, 3.63) is 38.3 Å². The van der Waals surface area contributed by atoms with Gasteiger partial charge in [-0.1, -0.05) is 15.9 Å². The number of halogens is 1. The molecule has 0 aliphatic rings. The summed E-state index contributed by atoms with van der Waals surface area (Å²) in [6.45, 7) is 0.472. The molecule has 1 rings (SSSR count). The average Bonchev–Trinajstić information content (AvgIpc) is 2.35. The Hall–Kier alpha value is -1.03. The second-order valence-electron chi connectivity index (χ2n) is 4.31. The molecule has 0 aliphatic carbocycles. The number of sulfonamides is 1. The Balaban J connectivity index is 2.61. The molecule has 9 heteroatoms. The number of nitro benzene ring substituents is 1. The monoisotopic (exact) mass is 365 g/mol. The van der Waals surface area contributed by atoms with Crippen molar-refractivity contribution in [3.63, 3.8) is 0 Å². The summed E-state index contributed by atoms with van der Waals surface area (Å²) in [5.74, 6) is -0.0513. The highest BCUT2D eigenvalue weighted by Gasteiger charge is 2.15. The smallest absolute Gasteiger partial charge is 0.275 e. The largest absolute Gasteiger partial charge is 0.311 e. The first-order valence-corrected chi connectivity index (χ1v) is 8.18. The molecule has 0 atom stereocenters. The maximum absolute atomic E-state index is 11.5. The van der Waals surface area contributed by atoms with Gasteiger partial charge in [-0.3, -0.25) is 10.1 Å². The van der Waals surface area contributed by atoms with E-state index < -0.39 is 14.9 Å². The third-order valence-electron chi connectivity index (χ3n) is 2.65. The standard InChI is InChI=1S/C11H16BrN3O4S/c1-14(2)20(18,19)6-5-13-8-9-3-4-10(12)7-11(9)15(16)17/h3-4,7,13H,5-6,8H2,1-2H3. The zero-order valence-electron chi connectivity index (χ0n) is 11.2. The molecule has 1 aromatic carbocycles. The first-order chi connectivity index (χ1) is 9.24. The van der Waals surface area contributed by atoms with Crippen LogP contribution in [0.25, 0.3) is 0 Å². The summed E-state index contributed by atoms with van der Waals surface area (Å²) in [5.41, 5.74) is 0.516. The Labute approximate surface area is 126 Å². The zero-order chi connectivity index (χ0) is 15.3. The van der Waals surface area contributed by atoms with Crippen molar-refractivity contribution in [1.82, 2.24) is 9.62 Å². The van der Waals surface area contributed by atoms with Gasteiger partial charge in [-0.25, -0.2) is 12.7 Å². The maximum atomic E-state index is 11.5. The minimum absolute atomic E-state index is 0.00217. The van der Waals surface area contributed by atoms with Gasteiger partial charge in [0.2, 0.25) is 10.0 Å². The van der Waals surface area contributed by atoms with Crippen LogP contribution in [0.4, 0.5) is 5.69 Å². The molecule has 0 saturated heterocycles. The maximum Gasteiger partial charge on any atom is 0.275 e. The van der Waals surface area contributed by atoms with E-state index in [2.05, 4.69) is 21.2 Å². The zero-order valence-corrected chi connectivity index (χ0v) is 13.6. The number of hydrogen-bond acceptors (Lipinski definition) is 5. The second-order valence-corrected chi connectivity index (χ2v) is 7.52. The van der Waals surface area contributed by atoms with Gasteiger partial charge in [0.05, 0.1) is 10.7 Å². The van der Waals surface area contributed by atoms with E-state index in [1.807, 2.05) is 0 Å². The predicted octanol–water partition coefficient (Wildman–Crippen LogP) is 1.34. The molecule has 0 aliphatic heterocycles. The van der Waals surface area contributed by atoms with Crippen LogP contribution in [0.2, 0.25) is 0 Å². The fourth-order valence-electron chi connectivity index (χ4n) is 1.46. The minimum Gasteiger partial charge on any atom is -0.311 e. The molecule has 0 fully saturated rings. The number of nitrogens with one attached hydrogen (secondary N) is 1. The first kappa shape index (κ1) is 17.0. The number of nitro groups is 1. The van der Waals surface area contributed by atoms with Gasteiger partial charge in [-0.15, -0.1) is 0 Å². The summed E-state index contributed by atoms with van der Waals surface area (Å²) >= 11 is 3.18. The van der Waals surface area contributed by atoms with Crippen LogP contribution in [-0.4, -0.2) is 44.0 Å². The van der Waals surface area contributed by atoms with Crippen LogP contribution >= 0.6 is 15.9 Å². The normalized spacial score (nSPS) is 11.8. The summed E-state index contributed by atoms with van der Waals surface area (Å²) in [6, 6.07) is 4.77. The lowest BCUT2D eigenvalue weighted by atomic mass is 10.2. The van der Waals surface area contributed by atoms with Gasteiger partial charge in [0.15, 0.2) is 0 Å². The lowest BCUT2D eigenvalue weighted by molar-refractivity contribution is -0.385. The van der Waals surface area contributed by atoms with Crippen molar-refractivity contribution >= 4 is 31.6 Å². The third kappa shape index (κ3) is 4.82. The van der Waals surface area contributed by atoms with Gasteiger partial charge >= 0.3 is 0 Å². The molecule has 0 radical (unpaired) electrons. The Bertz CT molecular complexity index is 589. The van der Waals surface area contributed by atoms with Crippen LogP contribution in [0, 0.1) is 10.1 Å². The Kier molecular flexibility index (Phi) is 6.06. The Morgan fingerprint density at radius 2 is 2.05 bits per heavy atom. The van der Waals surface area contributed by atoms with Crippen molar-refractivity contribution in [1.29, 1.82) is 0 Å². The number of hydrogen-bond donors (Lipinski definition) is 1. The lowest BCUT2D eigenvalue weighted by Gasteiger charge is -2.11. The highest BCUT2D eigenvalue weighted by molar-refractivity contribution is 9.10. The van der Waals surface area contributed by atoms with E-state index in [0.717, 1.165) is 4.31 Å². The Morgan fingerprint density at radius 3 is 2.60 bits per heavy atom. The highest BCUT2D eigenvalue weighted by Crippen LogP contribution is 2.23. The summed E-state index contributed by atoms with van der Waals surface area (Å²) in [6.07, 6.45) is 0. The first-order valence-electron chi connectivity index (χ1n) is 5.78. The summed E-state index contributed by atoms with van der Waals surface area (Å²) in [7, 11) is -0.322. The van der Waals surface area contributed by atoms with Crippen molar-refractivity contribution in [2.75, 3.05) is 26.4 Å². The van der Waals surface area contributed by atoms with Crippen molar-refractivity contribution < 1.29 is 13.3 Å². The molecule has 20 heavy (non-hydrogen) atoms. The Morgan fingerprint density at radius 1 is 1.40 bits per heavy atom. The number of nitrogens with zero attached hydrogens (tertiary/aromatic N) is 2. The van der Waals surface area contributed by atoms with Gasteiger partial charge < -0.3 is 5.32 Å². The molecule has 7 nitrogen and oxygen atoms in total. The van der Waals surface area contributed by atoms with Gasteiger partial charge in [0, 0.05) is 43.3 Å². The molecule has 0 amide bonds. The van der Waals surface area contributed by atoms with E-state index in [4.69, 9.17) is 0 Å². The van der Waals surface area contributed by atoms with E-state index in [-0.39, 0.29) is 24.5 Å². The molecule has 1 aromatic rings. The van der Waals surface area contributed by atoms with Gasteiger partial charge in [0.1, 0.15) is 0 Å². The fraction of sp³-hybridized carbons (Fsp3) is 0.455. The third-order valence-corrected chi connectivity index (χ3v) is 4.98. The molecule has 0 spiro atoms. The quantitative estimate of drug-likeness (QED) is 0.447. The molecule has 0 bridgehead atoms. The summed E-state index contributed by atoms with van der Waals surface area (Å²) < 4.78 is 24.8. The second kappa shape index (κ2) is 7.11. The van der Waals surface area contributed by atoms with E-state index in [9.17, 15) is 18.5 Å². The van der Waals surface area contributed by atoms with E-state index in [1.165, 1.54) is 20.2 Å². The topological polar surface area (TPSA) is 92.6 Å². The van der Waals surface area contributed by atoms with Gasteiger partial charge in [-0.2, -0.15) is 0 Å². The van der Waals surface area contributed by atoms with Crippen LogP contribution in [0.1, 0.15) is 5.56 Å². The molecular weight excluding hydrogens is 350 g/mol. The van der Waals surface area contributed by atoms with Crippen LogP contribution in [-0.2, 0) is 16.6 Å². The molecule has 0 unspecified atom stereocenters. The van der Waals surface area contributed by atoms with Crippen molar-refractivity contribution in [2.24, 2.45) is 0 Å². The molecule has 112 valence electrons. The van der Waals surface area contributed by atoms with Crippen LogP contribution < -0.4 is 5.32 Å². The highest BCUT2D eigenvalue weighted by atomic mass is 79.9. The number of benzene rings is 1. The van der Waals surface area contributed by atoms with Crippen molar-refractivity contribution in [2.45, 2.75) is 6.54 Å². The average molecular weight is 366 g/mol.